The van der Waals surface area contributed by atoms with E-state index in [-0.39, 0.29) is 23.8 Å². The van der Waals surface area contributed by atoms with Gasteiger partial charge in [0, 0.05) is 18.1 Å². The van der Waals surface area contributed by atoms with Crippen molar-refractivity contribution in [2.75, 3.05) is 23.0 Å². The maximum Gasteiger partial charge on any atom is 0.332 e. The fourth-order valence-corrected chi connectivity index (χ4v) is 3.28. The second-order valence-electron chi connectivity index (χ2n) is 4.22. The summed E-state index contributed by atoms with van der Waals surface area (Å²) in [7, 11) is 0. The monoisotopic (exact) mass is 266 g/mol. The van der Waals surface area contributed by atoms with Crippen molar-refractivity contribution in [3.05, 3.63) is 30.1 Å². The number of nitrogens with zero attached hydrogens (tertiary/aromatic N) is 2. The molecule has 1 aromatic carbocycles. The van der Waals surface area contributed by atoms with E-state index in [0.29, 0.717) is 18.0 Å². The zero-order valence-electron chi connectivity index (χ0n) is 9.51. The highest BCUT2D eigenvalue weighted by atomic mass is 32.2. The molecule has 6 heteroatoms. The number of fused-ring (bicyclic) bond motifs is 1. The predicted octanol–water partition coefficient (Wildman–Crippen LogP) is 1.71. The van der Waals surface area contributed by atoms with Gasteiger partial charge in [0.25, 0.3) is 5.91 Å². The van der Waals surface area contributed by atoms with Gasteiger partial charge < -0.3 is 4.90 Å². The van der Waals surface area contributed by atoms with Crippen LogP contribution in [0.3, 0.4) is 0 Å². The summed E-state index contributed by atoms with van der Waals surface area (Å²) in [4.78, 5) is 27.1. The summed E-state index contributed by atoms with van der Waals surface area (Å²) < 4.78 is 12.9. The SMILES string of the molecule is O=C1C2CSCCN2C(=O)N1c1ccc(F)cc1. The van der Waals surface area contributed by atoms with Crippen molar-refractivity contribution in [2.45, 2.75) is 6.04 Å². The molecule has 18 heavy (non-hydrogen) atoms. The van der Waals surface area contributed by atoms with Crippen molar-refractivity contribution < 1.29 is 14.0 Å². The number of amides is 3. The van der Waals surface area contributed by atoms with Crippen LogP contribution in [0, 0.1) is 5.82 Å². The number of hydrogen-bond acceptors (Lipinski definition) is 3. The molecule has 0 aromatic heterocycles. The highest BCUT2D eigenvalue weighted by Gasteiger charge is 2.46. The number of carbonyl (C=O) groups excluding carboxylic acids is 2. The largest absolute Gasteiger partial charge is 0.332 e. The second-order valence-corrected chi connectivity index (χ2v) is 5.37. The van der Waals surface area contributed by atoms with E-state index in [9.17, 15) is 14.0 Å². The molecule has 2 fully saturated rings. The highest BCUT2D eigenvalue weighted by molar-refractivity contribution is 7.99. The zero-order valence-corrected chi connectivity index (χ0v) is 10.3. The van der Waals surface area contributed by atoms with Gasteiger partial charge in [-0.05, 0) is 24.3 Å². The van der Waals surface area contributed by atoms with Crippen LogP contribution in [0.1, 0.15) is 0 Å². The Hall–Kier alpha value is -1.56. The van der Waals surface area contributed by atoms with Gasteiger partial charge in [-0.3, -0.25) is 4.79 Å². The van der Waals surface area contributed by atoms with Crippen molar-refractivity contribution in [3.8, 4) is 0 Å². The Balaban J connectivity index is 1.95. The molecule has 0 bridgehead atoms. The molecule has 0 spiro atoms. The van der Waals surface area contributed by atoms with E-state index in [2.05, 4.69) is 0 Å². The Bertz CT molecular complexity index is 481. The van der Waals surface area contributed by atoms with Crippen LogP contribution >= 0.6 is 11.8 Å². The van der Waals surface area contributed by atoms with Crippen LogP contribution in [0.4, 0.5) is 14.9 Å². The lowest BCUT2D eigenvalue weighted by Crippen LogP contribution is -2.41. The number of halogens is 1. The highest BCUT2D eigenvalue weighted by Crippen LogP contribution is 2.29. The normalized spacial score (nSPS) is 23.5. The molecule has 2 aliphatic rings. The molecule has 3 rings (SSSR count). The molecule has 1 unspecified atom stereocenters. The third-order valence-corrected chi connectivity index (χ3v) is 4.18. The first-order chi connectivity index (χ1) is 8.68. The third kappa shape index (κ3) is 1.68. The minimum absolute atomic E-state index is 0.209. The van der Waals surface area contributed by atoms with Crippen LogP contribution in [-0.4, -0.2) is 40.9 Å². The van der Waals surface area contributed by atoms with Crippen molar-refractivity contribution in [1.29, 1.82) is 0 Å². The summed E-state index contributed by atoms with van der Waals surface area (Å²) in [6.07, 6.45) is 0. The van der Waals surface area contributed by atoms with Crippen LogP contribution in [0.2, 0.25) is 0 Å². The lowest BCUT2D eigenvalue weighted by atomic mass is 10.2. The number of thioether (sulfide) groups is 1. The van der Waals surface area contributed by atoms with Crippen molar-refractivity contribution >= 4 is 29.4 Å². The number of hydrogen-bond donors (Lipinski definition) is 0. The summed E-state index contributed by atoms with van der Waals surface area (Å²) in [5.74, 6) is 0.902. The molecule has 1 atom stereocenters. The molecular weight excluding hydrogens is 255 g/mol. The van der Waals surface area contributed by atoms with Crippen molar-refractivity contribution in [2.24, 2.45) is 0 Å². The van der Waals surface area contributed by atoms with Crippen molar-refractivity contribution in [3.63, 3.8) is 0 Å². The molecule has 2 saturated heterocycles. The molecule has 2 aliphatic heterocycles. The van der Waals surface area contributed by atoms with E-state index >= 15 is 0 Å². The first-order valence-corrected chi connectivity index (χ1v) is 6.82. The lowest BCUT2D eigenvalue weighted by Gasteiger charge is -2.25. The first kappa shape index (κ1) is 11.5. The Morgan fingerprint density at radius 2 is 1.94 bits per heavy atom. The van der Waals surface area contributed by atoms with Gasteiger partial charge in [0.2, 0.25) is 0 Å². The number of urea groups is 1. The van der Waals surface area contributed by atoms with Crippen LogP contribution in [0.5, 0.6) is 0 Å². The number of anilines is 1. The number of rotatable bonds is 1. The molecule has 94 valence electrons. The summed E-state index contributed by atoms with van der Waals surface area (Å²) in [5, 5.41) is 0. The molecule has 0 radical (unpaired) electrons. The standard InChI is InChI=1S/C12H11FN2O2S/c13-8-1-3-9(4-2-8)15-11(16)10-7-18-6-5-14(10)12(15)17/h1-4,10H,5-7H2. The summed E-state index contributed by atoms with van der Waals surface area (Å²) in [6.45, 7) is 0.595. The maximum atomic E-state index is 12.9. The maximum absolute atomic E-state index is 12.9. The third-order valence-electron chi connectivity index (χ3n) is 3.16. The molecule has 1 aromatic rings. The Kier molecular flexibility index (Phi) is 2.74. The van der Waals surface area contributed by atoms with E-state index < -0.39 is 0 Å². The van der Waals surface area contributed by atoms with Gasteiger partial charge >= 0.3 is 6.03 Å². The van der Waals surface area contributed by atoms with Crippen LogP contribution in [-0.2, 0) is 4.79 Å². The lowest BCUT2D eigenvalue weighted by molar-refractivity contribution is -0.119. The fourth-order valence-electron chi connectivity index (χ4n) is 2.24. The van der Waals surface area contributed by atoms with Gasteiger partial charge in [0.15, 0.2) is 0 Å². The Morgan fingerprint density at radius 1 is 1.22 bits per heavy atom. The fraction of sp³-hybridized carbons (Fsp3) is 0.333. The minimum Gasteiger partial charge on any atom is -0.310 e. The summed E-state index contributed by atoms with van der Waals surface area (Å²) in [6, 6.07) is 4.76. The Morgan fingerprint density at radius 3 is 2.61 bits per heavy atom. The average Bonchev–Trinajstić information content (AvgIpc) is 2.64. The van der Waals surface area contributed by atoms with Gasteiger partial charge in [0.1, 0.15) is 11.9 Å². The quantitative estimate of drug-likeness (QED) is 0.727. The topological polar surface area (TPSA) is 40.6 Å². The Labute approximate surface area is 108 Å². The van der Waals surface area contributed by atoms with Gasteiger partial charge in [-0.1, -0.05) is 0 Å². The van der Waals surface area contributed by atoms with Crippen LogP contribution in [0.15, 0.2) is 24.3 Å². The van der Waals surface area contributed by atoms with E-state index in [0.717, 1.165) is 10.7 Å². The molecule has 3 amide bonds. The number of carbonyl (C=O) groups is 2. The van der Waals surface area contributed by atoms with E-state index in [1.54, 1.807) is 16.7 Å². The summed E-state index contributed by atoms with van der Waals surface area (Å²) >= 11 is 1.68. The smallest absolute Gasteiger partial charge is 0.310 e. The molecule has 0 N–H and O–H groups in total. The molecule has 0 aliphatic carbocycles. The van der Waals surface area contributed by atoms with E-state index in [1.165, 1.54) is 24.3 Å². The second kappa shape index (κ2) is 4.28. The molecule has 0 saturated carbocycles. The zero-order chi connectivity index (χ0) is 12.7. The minimum atomic E-state index is -0.383. The molecular formula is C12H11FN2O2S. The van der Waals surface area contributed by atoms with E-state index in [4.69, 9.17) is 0 Å². The van der Waals surface area contributed by atoms with Gasteiger partial charge in [-0.2, -0.15) is 11.8 Å². The van der Waals surface area contributed by atoms with E-state index in [1.807, 2.05) is 0 Å². The first-order valence-electron chi connectivity index (χ1n) is 5.66. The number of imide groups is 1. The van der Waals surface area contributed by atoms with Gasteiger partial charge in [0.05, 0.1) is 5.69 Å². The predicted molar refractivity (Wildman–Crippen MR) is 67.1 cm³/mol. The summed E-state index contributed by atoms with van der Waals surface area (Å²) in [5.41, 5.74) is 0.436. The average molecular weight is 266 g/mol. The van der Waals surface area contributed by atoms with Crippen LogP contribution < -0.4 is 4.90 Å². The molecule has 2 heterocycles. The molecule has 4 nitrogen and oxygen atoms in total. The number of benzene rings is 1. The van der Waals surface area contributed by atoms with Gasteiger partial charge in [-0.25, -0.2) is 14.1 Å². The van der Waals surface area contributed by atoms with Crippen molar-refractivity contribution in [1.82, 2.24) is 4.90 Å². The van der Waals surface area contributed by atoms with Gasteiger partial charge in [-0.15, -0.1) is 0 Å². The van der Waals surface area contributed by atoms with Crippen LogP contribution in [0.25, 0.3) is 0 Å².